The lowest BCUT2D eigenvalue weighted by Crippen LogP contribution is -2.34. The summed E-state index contributed by atoms with van der Waals surface area (Å²) in [5.41, 5.74) is 7.42. The summed E-state index contributed by atoms with van der Waals surface area (Å²) in [5.74, 6) is 0. The Morgan fingerprint density at radius 2 is 2.44 bits per heavy atom. The van der Waals surface area contributed by atoms with Crippen molar-refractivity contribution in [2.75, 3.05) is 7.05 Å². The molecule has 0 saturated carbocycles. The van der Waals surface area contributed by atoms with Crippen molar-refractivity contribution in [1.82, 2.24) is 16.0 Å². The van der Waals surface area contributed by atoms with Crippen LogP contribution in [0.4, 0.5) is 0 Å². The average Bonchev–Trinajstić information content (AvgIpc) is 2.17. The largest absolute Gasteiger partial charge is 0.307 e. The number of nitrogens with one attached hydrogen (secondary N) is 2. The average molecular weight is 127 g/mol. The van der Waals surface area contributed by atoms with Crippen LogP contribution >= 0.6 is 0 Å². The molecule has 0 aromatic rings. The van der Waals surface area contributed by atoms with Gasteiger partial charge in [0.2, 0.25) is 0 Å². The Bertz CT molecular complexity index is 119. The minimum atomic E-state index is 1.12. The van der Waals surface area contributed by atoms with E-state index in [4.69, 9.17) is 0 Å². The minimum Gasteiger partial charge on any atom is -0.307 e. The molecule has 0 aromatic heterocycles. The van der Waals surface area contributed by atoms with Crippen molar-refractivity contribution in [3.63, 3.8) is 0 Å². The molecule has 0 atom stereocenters. The van der Waals surface area contributed by atoms with Gasteiger partial charge in [-0.3, -0.25) is 0 Å². The van der Waals surface area contributed by atoms with Crippen LogP contribution in [0.15, 0.2) is 11.9 Å². The van der Waals surface area contributed by atoms with Gasteiger partial charge in [0.25, 0.3) is 0 Å². The van der Waals surface area contributed by atoms with Crippen molar-refractivity contribution in [3.05, 3.63) is 11.9 Å². The van der Waals surface area contributed by atoms with Gasteiger partial charge in [0.15, 0.2) is 0 Å². The summed E-state index contributed by atoms with van der Waals surface area (Å²) in [7, 11) is 1.94. The number of hydrogen-bond donors (Lipinski definition) is 2. The first-order valence-electron chi connectivity index (χ1n) is 3.28. The second-order valence-corrected chi connectivity index (χ2v) is 2.22. The molecule has 0 saturated heterocycles. The maximum atomic E-state index is 3.14. The Morgan fingerprint density at radius 1 is 1.67 bits per heavy atom. The zero-order chi connectivity index (χ0) is 6.69. The number of nitrogens with zero attached hydrogens (tertiary/aromatic N) is 1. The molecule has 1 aliphatic rings. The van der Waals surface area contributed by atoms with Crippen molar-refractivity contribution >= 4 is 0 Å². The maximum Gasteiger partial charge on any atom is 0.0453 e. The second kappa shape index (κ2) is 2.73. The molecule has 1 rings (SSSR count). The molecule has 1 heterocycles. The van der Waals surface area contributed by atoms with Gasteiger partial charge in [-0.15, -0.1) is 5.12 Å². The van der Waals surface area contributed by atoms with Crippen molar-refractivity contribution < 1.29 is 0 Å². The van der Waals surface area contributed by atoms with Crippen LogP contribution in [0, 0.1) is 0 Å². The fraction of sp³-hybridized carbons (Fsp3) is 0.667. The van der Waals surface area contributed by atoms with Gasteiger partial charge in [-0.1, -0.05) is 13.3 Å². The van der Waals surface area contributed by atoms with Gasteiger partial charge < -0.3 is 10.9 Å². The van der Waals surface area contributed by atoms with Crippen LogP contribution in [0.3, 0.4) is 0 Å². The van der Waals surface area contributed by atoms with Gasteiger partial charge in [0.1, 0.15) is 0 Å². The van der Waals surface area contributed by atoms with E-state index in [1.54, 1.807) is 0 Å². The van der Waals surface area contributed by atoms with Crippen LogP contribution in [0.1, 0.15) is 19.8 Å². The summed E-state index contributed by atoms with van der Waals surface area (Å²) in [6.45, 7) is 2.17. The normalized spacial score (nSPS) is 18.7. The summed E-state index contributed by atoms with van der Waals surface area (Å²) in [6.07, 6.45) is 4.30. The molecular weight excluding hydrogens is 114 g/mol. The Balaban J connectivity index is 2.27. The predicted molar refractivity (Wildman–Crippen MR) is 37.0 cm³/mol. The van der Waals surface area contributed by atoms with Crippen LogP contribution in [0.5, 0.6) is 0 Å². The van der Waals surface area contributed by atoms with Gasteiger partial charge in [-0.25, -0.2) is 0 Å². The summed E-state index contributed by atoms with van der Waals surface area (Å²) in [4.78, 5) is 0. The van der Waals surface area contributed by atoms with Gasteiger partial charge in [0.05, 0.1) is 0 Å². The van der Waals surface area contributed by atoms with Crippen molar-refractivity contribution in [3.8, 4) is 0 Å². The van der Waals surface area contributed by atoms with E-state index in [1.807, 2.05) is 18.4 Å². The number of hydrazine groups is 2. The highest BCUT2D eigenvalue weighted by molar-refractivity contribution is 4.99. The highest BCUT2D eigenvalue weighted by Crippen LogP contribution is 2.02. The molecule has 3 heteroatoms. The molecule has 0 aromatic carbocycles. The van der Waals surface area contributed by atoms with E-state index in [1.165, 1.54) is 12.1 Å². The second-order valence-electron chi connectivity index (χ2n) is 2.22. The molecule has 0 amide bonds. The van der Waals surface area contributed by atoms with E-state index < -0.39 is 0 Å². The molecule has 52 valence electrons. The molecule has 0 spiro atoms. The monoisotopic (exact) mass is 127 g/mol. The first kappa shape index (κ1) is 6.42. The third-order valence-electron chi connectivity index (χ3n) is 1.26. The van der Waals surface area contributed by atoms with E-state index in [0.717, 1.165) is 6.42 Å². The topological polar surface area (TPSA) is 27.3 Å². The molecule has 0 bridgehead atoms. The quantitative estimate of drug-likeness (QED) is 0.568. The van der Waals surface area contributed by atoms with Gasteiger partial charge in [-0.05, 0) is 6.42 Å². The Morgan fingerprint density at radius 3 is 2.89 bits per heavy atom. The highest BCUT2D eigenvalue weighted by atomic mass is 15.7. The van der Waals surface area contributed by atoms with E-state index in [2.05, 4.69) is 17.8 Å². The standard InChI is InChI=1S/C6H13N3/c1-3-4-6-5-7-9(2)8-6/h5,7-8H,3-4H2,1-2H3. The lowest BCUT2D eigenvalue weighted by molar-refractivity contribution is 0.238. The van der Waals surface area contributed by atoms with E-state index >= 15 is 0 Å². The van der Waals surface area contributed by atoms with Crippen molar-refractivity contribution in [1.29, 1.82) is 0 Å². The Hall–Kier alpha value is -0.700. The fourth-order valence-electron chi connectivity index (χ4n) is 0.852. The first-order chi connectivity index (χ1) is 4.33. The smallest absolute Gasteiger partial charge is 0.0453 e. The molecular formula is C6H13N3. The Labute approximate surface area is 55.7 Å². The molecule has 2 N–H and O–H groups in total. The van der Waals surface area contributed by atoms with E-state index in [-0.39, 0.29) is 0 Å². The van der Waals surface area contributed by atoms with Crippen molar-refractivity contribution in [2.24, 2.45) is 0 Å². The molecule has 0 fully saturated rings. The SMILES string of the molecule is CCCC1=CNN(C)N1. The third-order valence-corrected chi connectivity index (χ3v) is 1.26. The van der Waals surface area contributed by atoms with Crippen LogP contribution in [-0.4, -0.2) is 12.2 Å². The van der Waals surface area contributed by atoms with Gasteiger partial charge in [-0.2, -0.15) is 0 Å². The zero-order valence-electron chi connectivity index (χ0n) is 5.94. The van der Waals surface area contributed by atoms with Crippen LogP contribution in [-0.2, 0) is 0 Å². The van der Waals surface area contributed by atoms with Crippen molar-refractivity contribution in [2.45, 2.75) is 19.8 Å². The summed E-state index contributed by atoms with van der Waals surface area (Å²) in [6, 6.07) is 0. The zero-order valence-corrected chi connectivity index (χ0v) is 5.94. The first-order valence-corrected chi connectivity index (χ1v) is 3.28. The molecule has 0 aliphatic carbocycles. The lowest BCUT2D eigenvalue weighted by Gasteiger charge is -2.09. The lowest BCUT2D eigenvalue weighted by atomic mass is 10.3. The molecule has 0 unspecified atom stereocenters. The molecule has 1 aliphatic heterocycles. The third kappa shape index (κ3) is 1.61. The summed E-state index contributed by atoms with van der Waals surface area (Å²) < 4.78 is 0. The molecule has 0 radical (unpaired) electrons. The highest BCUT2D eigenvalue weighted by Gasteiger charge is 2.04. The maximum absolute atomic E-state index is 3.14. The fourth-order valence-corrected chi connectivity index (χ4v) is 0.852. The minimum absolute atomic E-state index is 1.12. The molecule has 9 heavy (non-hydrogen) atoms. The Kier molecular flexibility index (Phi) is 1.95. The van der Waals surface area contributed by atoms with Crippen LogP contribution in [0.2, 0.25) is 0 Å². The number of hydrogen-bond acceptors (Lipinski definition) is 3. The van der Waals surface area contributed by atoms with Gasteiger partial charge in [0, 0.05) is 18.9 Å². The van der Waals surface area contributed by atoms with E-state index in [9.17, 15) is 0 Å². The van der Waals surface area contributed by atoms with Crippen LogP contribution < -0.4 is 10.9 Å². The predicted octanol–water partition coefficient (Wildman–Crippen LogP) is 0.582. The van der Waals surface area contributed by atoms with Crippen LogP contribution in [0.25, 0.3) is 0 Å². The van der Waals surface area contributed by atoms with Gasteiger partial charge >= 0.3 is 0 Å². The summed E-state index contributed by atoms with van der Waals surface area (Å²) >= 11 is 0. The number of allylic oxidation sites excluding steroid dienone is 1. The number of rotatable bonds is 2. The van der Waals surface area contributed by atoms with E-state index in [0.29, 0.717) is 0 Å². The molecule has 3 nitrogen and oxygen atoms in total. The summed E-state index contributed by atoms with van der Waals surface area (Å²) in [5, 5.41) is 1.84.